The minimum Gasteiger partial charge on any atom is -0.395 e. The molecular formula is C9H17F2NO. The van der Waals surface area contributed by atoms with Crippen molar-refractivity contribution in [3.63, 3.8) is 0 Å². The molecule has 0 amide bonds. The first-order valence-corrected chi connectivity index (χ1v) is 4.75. The summed E-state index contributed by atoms with van der Waals surface area (Å²) in [5.41, 5.74) is 0. The molecular weight excluding hydrogens is 176 g/mol. The van der Waals surface area contributed by atoms with Crippen molar-refractivity contribution in [3.05, 3.63) is 0 Å². The topological polar surface area (TPSA) is 23.5 Å². The zero-order chi connectivity index (χ0) is 9.90. The molecule has 0 saturated carbocycles. The van der Waals surface area contributed by atoms with Crippen molar-refractivity contribution in [2.75, 3.05) is 26.2 Å². The van der Waals surface area contributed by atoms with Gasteiger partial charge in [-0.3, -0.25) is 0 Å². The number of nitrogens with zero attached hydrogens (tertiary/aromatic N) is 1. The molecule has 0 atom stereocenters. The zero-order valence-electron chi connectivity index (χ0n) is 7.97. The van der Waals surface area contributed by atoms with Crippen LogP contribution in [-0.4, -0.2) is 42.2 Å². The van der Waals surface area contributed by atoms with Crippen LogP contribution < -0.4 is 0 Å². The van der Waals surface area contributed by atoms with E-state index in [2.05, 4.69) is 0 Å². The minimum atomic E-state index is -2.54. The van der Waals surface area contributed by atoms with Gasteiger partial charge in [-0.15, -0.1) is 0 Å². The van der Waals surface area contributed by atoms with Crippen molar-refractivity contribution in [2.24, 2.45) is 5.92 Å². The van der Waals surface area contributed by atoms with E-state index in [9.17, 15) is 8.78 Å². The summed E-state index contributed by atoms with van der Waals surface area (Å²) in [4.78, 5) is 2.03. The maximum Gasteiger partial charge on any atom is 0.248 e. The summed E-state index contributed by atoms with van der Waals surface area (Å²) in [5.74, 6) is -3.01. The molecule has 0 aromatic heterocycles. The molecule has 1 fully saturated rings. The van der Waals surface area contributed by atoms with Crippen LogP contribution in [0.15, 0.2) is 0 Å². The SMILES string of the molecule is CC(F)(F)C1CCN(CCO)CC1. The van der Waals surface area contributed by atoms with Crippen LogP contribution in [0.5, 0.6) is 0 Å². The van der Waals surface area contributed by atoms with Gasteiger partial charge in [-0.25, -0.2) is 8.78 Å². The third-order valence-corrected chi connectivity index (χ3v) is 2.72. The number of piperidine rings is 1. The van der Waals surface area contributed by atoms with Crippen molar-refractivity contribution < 1.29 is 13.9 Å². The van der Waals surface area contributed by atoms with Gasteiger partial charge in [-0.1, -0.05) is 0 Å². The fourth-order valence-corrected chi connectivity index (χ4v) is 1.80. The first-order chi connectivity index (χ1) is 6.04. The van der Waals surface area contributed by atoms with Crippen molar-refractivity contribution in [1.29, 1.82) is 0 Å². The number of rotatable bonds is 3. The van der Waals surface area contributed by atoms with Gasteiger partial charge in [0.1, 0.15) is 0 Å². The Morgan fingerprint density at radius 3 is 2.31 bits per heavy atom. The smallest absolute Gasteiger partial charge is 0.248 e. The van der Waals surface area contributed by atoms with Gasteiger partial charge in [-0.2, -0.15) is 0 Å². The van der Waals surface area contributed by atoms with Crippen LogP contribution in [0, 0.1) is 5.92 Å². The fraction of sp³-hybridized carbons (Fsp3) is 1.00. The lowest BCUT2D eigenvalue weighted by atomic mass is 9.91. The van der Waals surface area contributed by atoms with E-state index in [-0.39, 0.29) is 6.61 Å². The van der Waals surface area contributed by atoms with Crippen molar-refractivity contribution in [3.8, 4) is 0 Å². The van der Waals surface area contributed by atoms with Crippen molar-refractivity contribution in [1.82, 2.24) is 4.90 Å². The quantitative estimate of drug-likeness (QED) is 0.731. The van der Waals surface area contributed by atoms with Gasteiger partial charge >= 0.3 is 0 Å². The Bertz CT molecular complexity index is 150. The summed E-state index contributed by atoms with van der Waals surface area (Å²) in [6.07, 6.45) is 1.09. The Labute approximate surface area is 77.5 Å². The third-order valence-electron chi connectivity index (χ3n) is 2.72. The number of alkyl halides is 2. The molecule has 1 aliphatic rings. The van der Waals surface area contributed by atoms with Crippen LogP contribution in [0.25, 0.3) is 0 Å². The number of aliphatic hydroxyl groups is 1. The number of halogens is 2. The Morgan fingerprint density at radius 1 is 1.38 bits per heavy atom. The first kappa shape index (κ1) is 10.9. The van der Waals surface area contributed by atoms with Crippen molar-refractivity contribution >= 4 is 0 Å². The van der Waals surface area contributed by atoms with Gasteiger partial charge in [0.05, 0.1) is 6.61 Å². The molecule has 1 N–H and O–H groups in total. The molecule has 1 heterocycles. The maximum absolute atomic E-state index is 12.9. The number of β-amino-alcohol motifs (C(OH)–C–C–N with tert-alkyl or cyclic N) is 1. The highest BCUT2D eigenvalue weighted by Gasteiger charge is 2.35. The predicted octanol–water partition coefficient (Wildman–Crippen LogP) is 1.35. The van der Waals surface area contributed by atoms with Gasteiger partial charge in [-0.05, 0) is 32.9 Å². The van der Waals surface area contributed by atoms with E-state index in [0.717, 1.165) is 6.92 Å². The Hall–Kier alpha value is -0.220. The number of aliphatic hydroxyl groups excluding tert-OH is 1. The molecule has 0 aromatic rings. The molecule has 0 unspecified atom stereocenters. The van der Waals surface area contributed by atoms with Crippen LogP contribution >= 0.6 is 0 Å². The van der Waals surface area contributed by atoms with Crippen LogP contribution in [-0.2, 0) is 0 Å². The van der Waals surface area contributed by atoms with E-state index in [0.29, 0.717) is 32.5 Å². The largest absolute Gasteiger partial charge is 0.395 e. The molecule has 0 radical (unpaired) electrons. The molecule has 2 nitrogen and oxygen atoms in total. The molecule has 0 spiro atoms. The Balaban J connectivity index is 2.30. The average molecular weight is 193 g/mol. The lowest BCUT2D eigenvalue weighted by molar-refractivity contribution is -0.0626. The van der Waals surface area contributed by atoms with Crippen LogP contribution in [0.4, 0.5) is 8.78 Å². The van der Waals surface area contributed by atoms with Gasteiger partial charge in [0.2, 0.25) is 5.92 Å². The average Bonchev–Trinajstić information content (AvgIpc) is 2.04. The highest BCUT2D eigenvalue weighted by molar-refractivity contribution is 4.79. The van der Waals surface area contributed by atoms with Crippen LogP contribution in [0.1, 0.15) is 19.8 Å². The molecule has 13 heavy (non-hydrogen) atoms. The predicted molar refractivity (Wildman–Crippen MR) is 46.9 cm³/mol. The highest BCUT2D eigenvalue weighted by Crippen LogP contribution is 2.32. The second kappa shape index (κ2) is 4.33. The molecule has 0 aliphatic carbocycles. The van der Waals surface area contributed by atoms with Crippen molar-refractivity contribution in [2.45, 2.75) is 25.7 Å². The van der Waals surface area contributed by atoms with Gasteiger partial charge in [0.15, 0.2) is 0 Å². The van der Waals surface area contributed by atoms with Crippen LogP contribution in [0.3, 0.4) is 0 Å². The van der Waals surface area contributed by atoms with E-state index in [1.54, 1.807) is 0 Å². The summed E-state index contributed by atoms with van der Waals surface area (Å²) in [6, 6.07) is 0. The molecule has 0 bridgehead atoms. The Kier molecular flexibility index (Phi) is 3.62. The molecule has 4 heteroatoms. The number of hydrogen-bond acceptors (Lipinski definition) is 2. The standard InChI is InChI=1S/C9H17F2NO/c1-9(10,11)8-2-4-12(5-3-8)6-7-13/h8,13H,2-7H2,1H3. The monoisotopic (exact) mass is 193 g/mol. The van der Waals surface area contributed by atoms with Gasteiger partial charge < -0.3 is 10.0 Å². The summed E-state index contributed by atoms with van der Waals surface area (Å²) in [6.45, 7) is 3.11. The normalized spacial score (nSPS) is 22.2. The van der Waals surface area contributed by atoms with E-state index < -0.39 is 11.8 Å². The minimum absolute atomic E-state index is 0.118. The van der Waals surface area contributed by atoms with E-state index in [4.69, 9.17) is 5.11 Å². The maximum atomic E-state index is 12.9. The summed E-state index contributed by atoms with van der Waals surface area (Å²) in [7, 11) is 0. The highest BCUT2D eigenvalue weighted by atomic mass is 19.3. The number of likely N-dealkylation sites (tertiary alicyclic amines) is 1. The molecule has 1 saturated heterocycles. The summed E-state index contributed by atoms with van der Waals surface area (Å²) >= 11 is 0. The molecule has 78 valence electrons. The number of hydrogen-bond donors (Lipinski definition) is 1. The second-order valence-corrected chi connectivity index (χ2v) is 3.80. The fourth-order valence-electron chi connectivity index (χ4n) is 1.80. The second-order valence-electron chi connectivity index (χ2n) is 3.80. The molecule has 1 aliphatic heterocycles. The van der Waals surface area contributed by atoms with Gasteiger partial charge in [0.25, 0.3) is 0 Å². The van der Waals surface area contributed by atoms with E-state index in [1.165, 1.54) is 0 Å². The summed E-state index contributed by atoms with van der Waals surface area (Å²) in [5, 5.41) is 8.65. The molecule has 0 aromatic carbocycles. The van der Waals surface area contributed by atoms with E-state index in [1.807, 2.05) is 4.90 Å². The van der Waals surface area contributed by atoms with E-state index >= 15 is 0 Å². The van der Waals surface area contributed by atoms with Crippen LogP contribution in [0.2, 0.25) is 0 Å². The first-order valence-electron chi connectivity index (χ1n) is 4.75. The lowest BCUT2D eigenvalue weighted by Gasteiger charge is -2.34. The Morgan fingerprint density at radius 2 is 1.92 bits per heavy atom. The molecule has 1 rings (SSSR count). The lowest BCUT2D eigenvalue weighted by Crippen LogP contribution is -2.40. The zero-order valence-corrected chi connectivity index (χ0v) is 7.97. The third kappa shape index (κ3) is 3.19. The summed E-state index contributed by atoms with van der Waals surface area (Å²) < 4.78 is 25.7. The van der Waals surface area contributed by atoms with Gasteiger partial charge in [0, 0.05) is 12.5 Å².